The van der Waals surface area contributed by atoms with Gasteiger partial charge >= 0.3 is 5.97 Å². The third-order valence-electron chi connectivity index (χ3n) is 4.98. The number of Topliss-reactive ketones (excluding diaryl/α,β-unsaturated/α-hetero) is 1. The van der Waals surface area contributed by atoms with Crippen LogP contribution in [0.1, 0.15) is 40.4 Å². The molecule has 0 saturated heterocycles. The van der Waals surface area contributed by atoms with E-state index in [0.29, 0.717) is 16.3 Å². The number of ketones is 1. The number of nitro groups is 1. The molecule has 0 aromatic heterocycles. The van der Waals surface area contributed by atoms with E-state index in [1.807, 2.05) is 6.92 Å². The predicted molar refractivity (Wildman–Crippen MR) is 127 cm³/mol. The standard InChI is InChI=1S/C25H21ClN2O6/c1-16-7-10-19(26)15-21(16)27-22(29)13-14-23(30)34-25(24(31)17-5-3-2-4-6-17)18-8-11-20(12-9-18)28(32)33/h2-12,15,25H,13-14H2,1H3,(H,27,29)/t25-/m0/s1. The summed E-state index contributed by atoms with van der Waals surface area (Å²) in [6, 6.07) is 18.5. The Bertz CT molecular complexity index is 1210. The first-order valence-corrected chi connectivity index (χ1v) is 10.7. The Balaban J connectivity index is 1.70. The maximum atomic E-state index is 13.0. The maximum absolute atomic E-state index is 13.0. The first kappa shape index (κ1) is 24.6. The summed E-state index contributed by atoms with van der Waals surface area (Å²) in [7, 11) is 0. The summed E-state index contributed by atoms with van der Waals surface area (Å²) in [5.41, 5.74) is 1.79. The molecule has 0 unspecified atom stereocenters. The number of anilines is 1. The van der Waals surface area contributed by atoms with Crippen molar-refractivity contribution in [3.05, 3.63) is 105 Å². The van der Waals surface area contributed by atoms with Crippen LogP contribution in [-0.2, 0) is 14.3 Å². The molecule has 3 aromatic rings. The highest BCUT2D eigenvalue weighted by atomic mass is 35.5. The zero-order chi connectivity index (χ0) is 24.7. The number of carbonyl (C=O) groups excluding carboxylic acids is 3. The minimum atomic E-state index is -1.31. The number of hydrogen-bond acceptors (Lipinski definition) is 6. The molecular weight excluding hydrogens is 460 g/mol. The summed E-state index contributed by atoms with van der Waals surface area (Å²) in [4.78, 5) is 48.3. The van der Waals surface area contributed by atoms with E-state index in [-0.39, 0.29) is 24.1 Å². The van der Waals surface area contributed by atoms with E-state index in [1.54, 1.807) is 48.5 Å². The highest BCUT2D eigenvalue weighted by Gasteiger charge is 2.27. The number of nitrogens with zero attached hydrogens (tertiary/aromatic N) is 1. The second kappa shape index (κ2) is 11.2. The van der Waals surface area contributed by atoms with Gasteiger partial charge in [0.15, 0.2) is 6.10 Å². The average molecular weight is 481 g/mol. The van der Waals surface area contributed by atoms with Gasteiger partial charge < -0.3 is 10.1 Å². The lowest BCUT2D eigenvalue weighted by molar-refractivity contribution is -0.384. The summed E-state index contributed by atoms with van der Waals surface area (Å²) >= 11 is 5.96. The van der Waals surface area contributed by atoms with Gasteiger partial charge in [0.05, 0.1) is 11.3 Å². The number of nitrogens with one attached hydrogen (secondary N) is 1. The van der Waals surface area contributed by atoms with Crippen molar-refractivity contribution in [2.45, 2.75) is 25.9 Å². The van der Waals surface area contributed by atoms with E-state index in [2.05, 4.69) is 5.32 Å². The fourth-order valence-corrected chi connectivity index (χ4v) is 3.32. The van der Waals surface area contributed by atoms with Gasteiger partial charge in [-0.1, -0.05) is 48.0 Å². The summed E-state index contributed by atoms with van der Waals surface area (Å²) < 4.78 is 5.44. The summed E-state index contributed by atoms with van der Waals surface area (Å²) in [6.45, 7) is 1.81. The number of hydrogen-bond donors (Lipinski definition) is 1. The van der Waals surface area contributed by atoms with Crippen LogP contribution < -0.4 is 5.32 Å². The average Bonchev–Trinajstić information content (AvgIpc) is 2.83. The van der Waals surface area contributed by atoms with Gasteiger partial charge in [0.1, 0.15) is 0 Å². The van der Waals surface area contributed by atoms with Crippen LogP contribution in [0.5, 0.6) is 0 Å². The molecule has 174 valence electrons. The highest BCUT2D eigenvalue weighted by Crippen LogP contribution is 2.26. The lowest BCUT2D eigenvalue weighted by Gasteiger charge is -2.17. The van der Waals surface area contributed by atoms with E-state index in [4.69, 9.17) is 16.3 Å². The Morgan fingerprint density at radius 3 is 2.32 bits per heavy atom. The number of rotatable bonds is 9. The van der Waals surface area contributed by atoms with Gasteiger partial charge in [-0.2, -0.15) is 0 Å². The van der Waals surface area contributed by atoms with Crippen molar-refractivity contribution in [1.82, 2.24) is 0 Å². The SMILES string of the molecule is Cc1ccc(Cl)cc1NC(=O)CCC(=O)O[C@H](C(=O)c1ccccc1)c1ccc([N+](=O)[O-])cc1. The zero-order valence-electron chi connectivity index (χ0n) is 18.2. The van der Waals surface area contributed by atoms with Crippen LogP contribution in [0.3, 0.4) is 0 Å². The van der Waals surface area contributed by atoms with Crippen LogP contribution in [0.15, 0.2) is 72.8 Å². The molecule has 0 aliphatic heterocycles. The Morgan fingerprint density at radius 2 is 1.68 bits per heavy atom. The highest BCUT2D eigenvalue weighted by molar-refractivity contribution is 6.31. The van der Waals surface area contributed by atoms with Crippen molar-refractivity contribution < 1.29 is 24.0 Å². The van der Waals surface area contributed by atoms with Gasteiger partial charge in [0.25, 0.3) is 5.69 Å². The molecule has 0 spiro atoms. The lowest BCUT2D eigenvalue weighted by Crippen LogP contribution is -2.21. The van der Waals surface area contributed by atoms with E-state index >= 15 is 0 Å². The molecule has 8 nitrogen and oxygen atoms in total. The molecule has 0 heterocycles. The Labute approximate surface area is 200 Å². The molecule has 9 heteroatoms. The molecular formula is C25H21ClN2O6. The molecule has 0 aliphatic carbocycles. The van der Waals surface area contributed by atoms with Crippen molar-refractivity contribution in [2.24, 2.45) is 0 Å². The van der Waals surface area contributed by atoms with Crippen LogP contribution >= 0.6 is 11.6 Å². The van der Waals surface area contributed by atoms with E-state index in [1.165, 1.54) is 24.3 Å². The summed E-state index contributed by atoms with van der Waals surface area (Å²) in [6.07, 6.45) is -1.75. The second-order valence-electron chi connectivity index (χ2n) is 7.46. The third-order valence-corrected chi connectivity index (χ3v) is 5.22. The van der Waals surface area contributed by atoms with E-state index in [0.717, 1.165) is 5.56 Å². The van der Waals surface area contributed by atoms with Gasteiger partial charge in [-0.25, -0.2) is 0 Å². The molecule has 3 aromatic carbocycles. The van der Waals surface area contributed by atoms with Crippen LogP contribution in [0.25, 0.3) is 0 Å². The molecule has 3 rings (SSSR count). The largest absolute Gasteiger partial charge is 0.449 e. The van der Waals surface area contributed by atoms with E-state index in [9.17, 15) is 24.5 Å². The Hall–Kier alpha value is -4.04. The number of aryl methyl sites for hydroxylation is 1. The lowest BCUT2D eigenvalue weighted by atomic mass is 9.99. The molecule has 0 bridgehead atoms. The predicted octanol–water partition coefficient (Wildman–Crippen LogP) is 5.44. The first-order chi connectivity index (χ1) is 16.2. The number of non-ortho nitro benzene ring substituents is 1. The van der Waals surface area contributed by atoms with Gasteiger partial charge in [-0.3, -0.25) is 24.5 Å². The zero-order valence-corrected chi connectivity index (χ0v) is 19.0. The molecule has 0 radical (unpaired) electrons. The molecule has 0 fully saturated rings. The normalized spacial score (nSPS) is 11.4. The number of ether oxygens (including phenoxy) is 1. The number of benzene rings is 3. The number of esters is 1. The van der Waals surface area contributed by atoms with Crippen molar-refractivity contribution >= 4 is 40.6 Å². The van der Waals surface area contributed by atoms with Crippen LogP contribution in [0, 0.1) is 17.0 Å². The molecule has 34 heavy (non-hydrogen) atoms. The van der Waals surface area contributed by atoms with Gasteiger partial charge in [-0.15, -0.1) is 0 Å². The first-order valence-electron chi connectivity index (χ1n) is 10.3. The second-order valence-corrected chi connectivity index (χ2v) is 7.89. The van der Waals surface area contributed by atoms with Gasteiger partial charge in [0.2, 0.25) is 11.7 Å². The Kier molecular flexibility index (Phi) is 8.10. The molecule has 1 amide bonds. The molecule has 0 saturated carbocycles. The summed E-state index contributed by atoms with van der Waals surface area (Å²) in [5, 5.41) is 14.1. The van der Waals surface area contributed by atoms with Crippen molar-refractivity contribution in [3.63, 3.8) is 0 Å². The van der Waals surface area contributed by atoms with E-state index < -0.39 is 28.7 Å². The maximum Gasteiger partial charge on any atom is 0.307 e. The minimum Gasteiger partial charge on any atom is -0.449 e. The van der Waals surface area contributed by atoms with Crippen LogP contribution in [0.4, 0.5) is 11.4 Å². The monoisotopic (exact) mass is 480 g/mol. The quantitative estimate of drug-likeness (QED) is 0.188. The van der Waals surface area contributed by atoms with Gasteiger partial charge in [-0.05, 0) is 36.8 Å². The summed E-state index contributed by atoms with van der Waals surface area (Å²) in [5.74, 6) is -1.66. The minimum absolute atomic E-state index is 0.158. The smallest absolute Gasteiger partial charge is 0.307 e. The fraction of sp³-hybridized carbons (Fsp3) is 0.160. The number of nitro benzene ring substituents is 1. The van der Waals surface area contributed by atoms with Crippen molar-refractivity contribution in [3.8, 4) is 0 Å². The topological polar surface area (TPSA) is 116 Å². The Morgan fingerprint density at radius 1 is 1.00 bits per heavy atom. The third kappa shape index (κ3) is 6.49. The van der Waals surface area contributed by atoms with Crippen LogP contribution in [0.2, 0.25) is 5.02 Å². The fourth-order valence-electron chi connectivity index (χ4n) is 3.15. The van der Waals surface area contributed by atoms with Crippen molar-refractivity contribution in [1.29, 1.82) is 0 Å². The molecule has 1 atom stereocenters. The van der Waals surface area contributed by atoms with Crippen molar-refractivity contribution in [2.75, 3.05) is 5.32 Å². The van der Waals surface area contributed by atoms with Crippen LogP contribution in [-0.4, -0.2) is 22.6 Å². The van der Waals surface area contributed by atoms with Gasteiger partial charge in [0, 0.05) is 40.4 Å². The number of halogens is 1. The molecule has 0 aliphatic rings. The number of carbonyl (C=O) groups is 3. The molecule has 1 N–H and O–H groups in total. The number of amides is 1.